The summed E-state index contributed by atoms with van der Waals surface area (Å²) in [4.78, 5) is 27.3. The third-order valence-electron chi connectivity index (χ3n) is 3.00. The molecule has 1 heterocycles. The maximum absolute atomic E-state index is 12.1. The fraction of sp³-hybridized carbons (Fsp3) is 0.267. The summed E-state index contributed by atoms with van der Waals surface area (Å²) < 4.78 is 0. The molecule has 6 heteroatoms. The zero-order valence-corrected chi connectivity index (χ0v) is 12.6. The van der Waals surface area contributed by atoms with Crippen LogP contribution >= 0.6 is 11.6 Å². The maximum atomic E-state index is 12.1. The van der Waals surface area contributed by atoms with E-state index in [4.69, 9.17) is 11.6 Å². The number of fused-ring (bicyclic) bond motifs is 1. The number of aryl methyl sites for hydroxylation is 1. The van der Waals surface area contributed by atoms with E-state index in [0.717, 1.165) is 10.9 Å². The largest absolute Gasteiger partial charge is 0.355 e. The molecule has 0 fully saturated rings. The van der Waals surface area contributed by atoms with Crippen LogP contribution in [0, 0.1) is 6.92 Å². The SMILES string of the molecule is CC(=O)NCCNC(=O)c1cc2ccc(Cl)cc2nc1C. The van der Waals surface area contributed by atoms with Gasteiger partial charge in [0.15, 0.2) is 0 Å². The van der Waals surface area contributed by atoms with Gasteiger partial charge < -0.3 is 10.6 Å². The van der Waals surface area contributed by atoms with Gasteiger partial charge in [-0.15, -0.1) is 0 Å². The number of amides is 2. The number of pyridine rings is 1. The standard InChI is InChI=1S/C15H16ClN3O2/c1-9-13(15(21)18-6-5-17-10(2)20)7-11-3-4-12(16)8-14(11)19-9/h3-4,7-8H,5-6H2,1-2H3,(H,17,20)(H,18,21). The van der Waals surface area contributed by atoms with E-state index in [0.29, 0.717) is 29.4 Å². The summed E-state index contributed by atoms with van der Waals surface area (Å²) in [6, 6.07) is 7.15. The highest BCUT2D eigenvalue weighted by molar-refractivity contribution is 6.31. The Labute approximate surface area is 127 Å². The Morgan fingerprint density at radius 2 is 1.90 bits per heavy atom. The topological polar surface area (TPSA) is 71.1 Å². The lowest BCUT2D eigenvalue weighted by atomic mass is 10.1. The molecule has 2 rings (SSSR count). The first-order valence-corrected chi connectivity index (χ1v) is 6.94. The summed E-state index contributed by atoms with van der Waals surface area (Å²) in [5, 5.41) is 6.84. The van der Waals surface area contributed by atoms with Crippen LogP contribution in [0.15, 0.2) is 24.3 Å². The minimum Gasteiger partial charge on any atom is -0.355 e. The summed E-state index contributed by atoms with van der Waals surface area (Å²) >= 11 is 5.93. The second-order valence-electron chi connectivity index (χ2n) is 4.70. The summed E-state index contributed by atoms with van der Waals surface area (Å²) in [5.41, 5.74) is 1.92. The van der Waals surface area contributed by atoms with Crippen molar-refractivity contribution in [1.29, 1.82) is 0 Å². The van der Waals surface area contributed by atoms with Crippen molar-refractivity contribution in [1.82, 2.24) is 15.6 Å². The van der Waals surface area contributed by atoms with Gasteiger partial charge in [0.25, 0.3) is 5.91 Å². The Morgan fingerprint density at radius 1 is 1.19 bits per heavy atom. The van der Waals surface area contributed by atoms with Crippen LogP contribution in [0.3, 0.4) is 0 Å². The first-order valence-electron chi connectivity index (χ1n) is 6.57. The summed E-state index contributed by atoms with van der Waals surface area (Å²) in [7, 11) is 0. The molecule has 5 nitrogen and oxygen atoms in total. The molecule has 0 saturated carbocycles. The van der Waals surface area contributed by atoms with Crippen molar-refractivity contribution in [3.8, 4) is 0 Å². The van der Waals surface area contributed by atoms with Crippen molar-refractivity contribution < 1.29 is 9.59 Å². The van der Waals surface area contributed by atoms with E-state index in [-0.39, 0.29) is 11.8 Å². The molecule has 0 aliphatic heterocycles. The fourth-order valence-corrected chi connectivity index (χ4v) is 2.14. The average molecular weight is 306 g/mol. The van der Waals surface area contributed by atoms with E-state index >= 15 is 0 Å². The number of nitrogens with one attached hydrogen (secondary N) is 2. The summed E-state index contributed by atoms with van der Waals surface area (Å²) in [6.07, 6.45) is 0. The minimum absolute atomic E-state index is 0.121. The lowest BCUT2D eigenvalue weighted by molar-refractivity contribution is -0.118. The van der Waals surface area contributed by atoms with Gasteiger partial charge in [0.1, 0.15) is 0 Å². The zero-order valence-electron chi connectivity index (χ0n) is 11.9. The molecule has 2 N–H and O–H groups in total. The molecule has 1 aromatic carbocycles. The number of halogens is 1. The first-order chi connectivity index (χ1) is 9.97. The molecular weight excluding hydrogens is 290 g/mol. The van der Waals surface area contributed by atoms with E-state index in [1.54, 1.807) is 25.1 Å². The third-order valence-corrected chi connectivity index (χ3v) is 3.23. The molecule has 0 atom stereocenters. The van der Waals surface area contributed by atoms with Crippen LogP contribution in [-0.4, -0.2) is 29.9 Å². The molecule has 0 aliphatic carbocycles. The number of hydrogen-bond acceptors (Lipinski definition) is 3. The Hall–Kier alpha value is -2.14. The van der Waals surface area contributed by atoms with Crippen molar-refractivity contribution >= 4 is 34.3 Å². The second kappa shape index (κ2) is 6.54. The fourth-order valence-electron chi connectivity index (χ4n) is 1.98. The van der Waals surface area contributed by atoms with Gasteiger partial charge >= 0.3 is 0 Å². The average Bonchev–Trinajstić information content (AvgIpc) is 2.42. The zero-order chi connectivity index (χ0) is 15.4. The van der Waals surface area contributed by atoms with E-state index in [2.05, 4.69) is 15.6 Å². The minimum atomic E-state index is -0.206. The quantitative estimate of drug-likeness (QED) is 0.849. The molecule has 0 spiro atoms. The molecule has 2 amide bonds. The van der Waals surface area contributed by atoms with Crippen LogP contribution < -0.4 is 10.6 Å². The lowest BCUT2D eigenvalue weighted by Gasteiger charge is -2.09. The smallest absolute Gasteiger partial charge is 0.253 e. The highest BCUT2D eigenvalue weighted by atomic mass is 35.5. The van der Waals surface area contributed by atoms with Crippen molar-refractivity contribution in [3.05, 3.63) is 40.5 Å². The number of rotatable bonds is 4. The predicted molar refractivity (Wildman–Crippen MR) is 82.5 cm³/mol. The van der Waals surface area contributed by atoms with Gasteiger partial charge in [-0.05, 0) is 25.1 Å². The van der Waals surface area contributed by atoms with Crippen molar-refractivity contribution in [2.75, 3.05) is 13.1 Å². The van der Waals surface area contributed by atoms with Gasteiger partial charge in [0, 0.05) is 30.4 Å². The van der Waals surface area contributed by atoms with Gasteiger partial charge in [0.05, 0.1) is 16.8 Å². The second-order valence-corrected chi connectivity index (χ2v) is 5.13. The van der Waals surface area contributed by atoms with Crippen LogP contribution in [0.4, 0.5) is 0 Å². The number of nitrogens with zero attached hydrogens (tertiary/aromatic N) is 1. The van der Waals surface area contributed by atoms with Crippen LogP contribution in [0.2, 0.25) is 5.02 Å². The molecule has 21 heavy (non-hydrogen) atoms. The molecule has 0 saturated heterocycles. The summed E-state index contributed by atoms with van der Waals surface area (Å²) in [6.45, 7) is 3.99. The predicted octanol–water partition coefficient (Wildman–Crippen LogP) is 2.06. The molecule has 0 radical (unpaired) electrons. The van der Waals surface area contributed by atoms with Gasteiger partial charge in [-0.2, -0.15) is 0 Å². The van der Waals surface area contributed by atoms with Crippen LogP contribution in [0.1, 0.15) is 23.0 Å². The van der Waals surface area contributed by atoms with Crippen LogP contribution in [-0.2, 0) is 4.79 Å². The van der Waals surface area contributed by atoms with Crippen molar-refractivity contribution in [3.63, 3.8) is 0 Å². The van der Waals surface area contributed by atoms with E-state index in [1.165, 1.54) is 6.92 Å². The van der Waals surface area contributed by atoms with Gasteiger partial charge in [0.2, 0.25) is 5.91 Å². The van der Waals surface area contributed by atoms with Crippen LogP contribution in [0.5, 0.6) is 0 Å². The highest BCUT2D eigenvalue weighted by Gasteiger charge is 2.11. The maximum Gasteiger partial charge on any atom is 0.253 e. The van der Waals surface area contributed by atoms with Gasteiger partial charge in [-0.3, -0.25) is 14.6 Å². The molecule has 2 aromatic rings. The van der Waals surface area contributed by atoms with E-state index in [1.807, 2.05) is 6.07 Å². The molecule has 0 unspecified atom stereocenters. The van der Waals surface area contributed by atoms with Gasteiger partial charge in [-0.1, -0.05) is 17.7 Å². The third kappa shape index (κ3) is 3.92. The Kier molecular flexibility index (Phi) is 4.75. The Morgan fingerprint density at radius 3 is 2.62 bits per heavy atom. The Bertz CT molecular complexity index is 701. The molecule has 1 aromatic heterocycles. The van der Waals surface area contributed by atoms with Gasteiger partial charge in [-0.25, -0.2) is 0 Å². The molecule has 0 bridgehead atoms. The number of hydrogen-bond donors (Lipinski definition) is 2. The van der Waals surface area contributed by atoms with Crippen LogP contribution in [0.25, 0.3) is 10.9 Å². The Balaban J connectivity index is 2.13. The molecular formula is C15H16ClN3O2. The first kappa shape index (κ1) is 15.3. The number of aromatic nitrogens is 1. The lowest BCUT2D eigenvalue weighted by Crippen LogP contribution is -2.34. The van der Waals surface area contributed by atoms with Crippen molar-refractivity contribution in [2.24, 2.45) is 0 Å². The number of carbonyl (C=O) groups is 2. The normalized spacial score (nSPS) is 10.4. The molecule has 0 aliphatic rings. The monoisotopic (exact) mass is 305 g/mol. The van der Waals surface area contributed by atoms with E-state index < -0.39 is 0 Å². The highest BCUT2D eigenvalue weighted by Crippen LogP contribution is 2.20. The number of carbonyl (C=O) groups excluding carboxylic acids is 2. The summed E-state index contributed by atoms with van der Waals surface area (Å²) in [5.74, 6) is -0.327. The van der Waals surface area contributed by atoms with Crippen molar-refractivity contribution in [2.45, 2.75) is 13.8 Å². The molecule has 110 valence electrons. The number of benzene rings is 1. The van der Waals surface area contributed by atoms with E-state index in [9.17, 15) is 9.59 Å².